The molecular formula is C34H30F8N6O4. The summed E-state index contributed by atoms with van der Waals surface area (Å²) in [6.07, 6.45) is -10.3. The van der Waals surface area contributed by atoms with Crippen molar-refractivity contribution in [3.05, 3.63) is 82.9 Å². The first-order chi connectivity index (χ1) is 24.6. The van der Waals surface area contributed by atoms with E-state index in [-0.39, 0.29) is 75.7 Å². The number of alkyl halides is 6. The van der Waals surface area contributed by atoms with E-state index in [0.29, 0.717) is 31.8 Å². The van der Waals surface area contributed by atoms with Crippen molar-refractivity contribution in [2.75, 3.05) is 54.5 Å². The second-order valence-electron chi connectivity index (χ2n) is 12.4. The standard InChI is InChI=1S/C34H30F8N6O4/c35-21-14-20(15-22(36)17-21)13-19-1-4-27-26(16-19)29(45-44-27)43-30(49)25-3-2-24(46-7-9-47(10-8-46)31(50)33(37,38)39)18-28(25)48(32(51)34(40,41)42)23-5-11-52-12-6-23/h1-4,14-18,23H,5-13H2,(H2,43,44,45,49). The Morgan fingerprint density at radius 2 is 1.52 bits per heavy atom. The maximum Gasteiger partial charge on any atom is 0.471 e. The van der Waals surface area contributed by atoms with Gasteiger partial charge in [0.15, 0.2) is 5.82 Å². The molecule has 2 saturated heterocycles. The Morgan fingerprint density at radius 3 is 2.15 bits per heavy atom. The van der Waals surface area contributed by atoms with Crippen LogP contribution in [0, 0.1) is 11.6 Å². The fourth-order valence-electron chi connectivity index (χ4n) is 6.40. The van der Waals surface area contributed by atoms with E-state index in [0.717, 1.165) is 6.07 Å². The van der Waals surface area contributed by atoms with Gasteiger partial charge in [-0.3, -0.25) is 19.5 Å². The number of H-pyrrole nitrogens is 1. The molecule has 0 unspecified atom stereocenters. The van der Waals surface area contributed by atoms with E-state index in [1.807, 2.05) is 0 Å². The number of rotatable bonds is 7. The summed E-state index contributed by atoms with van der Waals surface area (Å²) >= 11 is 0. The minimum atomic E-state index is -5.34. The van der Waals surface area contributed by atoms with Crippen molar-refractivity contribution in [3.63, 3.8) is 0 Å². The minimum Gasteiger partial charge on any atom is -0.381 e. The van der Waals surface area contributed by atoms with Crippen LogP contribution in [0.25, 0.3) is 10.9 Å². The van der Waals surface area contributed by atoms with E-state index in [2.05, 4.69) is 15.5 Å². The summed E-state index contributed by atoms with van der Waals surface area (Å²) in [6, 6.07) is 10.8. The molecule has 0 bridgehead atoms. The highest BCUT2D eigenvalue weighted by atomic mass is 19.4. The zero-order chi connectivity index (χ0) is 37.4. The second-order valence-corrected chi connectivity index (χ2v) is 12.4. The normalized spacial score (nSPS) is 15.9. The van der Waals surface area contributed by atoms with Crippen molar-refractivity contribution in [3.8, 4) is 0 Å². The first kappa shape index (κ1) is 36.5. The van der Waals surface area contributed by atoms with Gasteiger partial charge in [-0.2, -0.15) is 31.4 Å². The van der Waals surface area contributed by atoms with E-state index in [1.54, 1.807) is 23.1 Å². The third-order valence-corrected chi connectivity index (χ3v) is 8.87. The number of ether oxygens (including phenoxy) is 1. The highest BCUT2D eigenvalue weighted by molar-refractivity contribution is 6.13. The van der Waals surface area contributed by atoms with Crippen LogP contribution in [0.5, 0.6) is 0 Å². The topological polar surface area (TPSA) is 111 Å². The predicted molar refractivity (Wildman–Crippen MR) is 172 cm³/mol. The Labute approximate surface area is 290 Å². The molecule has 3 aromatic carbocycles. The first-order valence-corrected chi connectivity index (χ1v) is 16.0. The van der Waals surface area contributed by atoms with Gasteiger partial charge in [-0.25, -0.2) is 8.78 Å². The van der Waals surface area contributed by atoms with Crippen molar-refractivity contribution in [2.24, 2.45) is 0 Å². The van der Waals surface area contributed by atoms with E-state index >= 15 is 0 Å². The van der Waals surface area contributed by atoms with Gasteiger partial charge in [-0.15, -0.1) is 0 Å². The lowest BCUT2D eigenvalue weighted by molar-refractivity contribution is -0.185. The second kappa shape index (κ2) is 14.4. The van der Waals surface area contributed by atoms with Crippen LogP contribution in [-0.4, -0.2) is 90.6 Å². The number of hydrogen-bond acceptors (Lipinski definition) is 6. The first-order valence-electron chi connectivity index (χ1n) is 16.0. The number of hydrogen-bond donors (Lipinski definition) is 2. The molecule has 6 rings (SSSR count). The summed E-state index contributed by atoms with van der Waals surface area (Å²) in [5, 5.41) is 9.83. The van der Waals surface area contributed by atoms with E-state index in [4.69, 9.17) is 4.74 Å². The number of aromatic nitrogens is 2. The average molecular weight is 739 g/mol. The van der Waals surface area contributed by atoms with Crippen LogP contribution in [0.1, 0.15) is 34.3 Å². The number of fused-ring (bicyclic) bond motifs is 1. The quantitative estimate of drug-likeness (QED) is 0.226. The third kappa shape index (κ3) is 7.95. The van der Waals surface area contributed by atoms with Crippen molar-refractivity contribution in [1.82, 2.24) is 15.1 Å². The summed E-state index contributed by atoms with van der Waals surface area (Å²) in [4.78, 5) is 41.4. The number of piperazine rings is 1. The molecule has 52 heavy (non-hydrogen) atoms. The largest absolute Gasteiger partial charge is 0.471 e. The zero-order valence-corrected chi connectivity index (χ0v) is 27.1. The lowest BCUT2D eigenvalue weighted by Crippen LogP contribution is -2.52. The van der Waals surface area contributed by atoms with Crippen LogP contribution in [0.4, 0.5) is 52.3 Å². The highest BCUT2D eigenvalue weighted by Crippen LogP contribution is 2.36. The molecule has 2 aliphatic rings. The number of halogens is 8. The van der Waals surface area contributed by atoms with Gasteiger partial charge in [0.25, 0.3) is 5.91 Å². The Hall–Kier alpha value is -5.26. The number of aromatic amines is 1. The minimum absolute atomic E-state index is 0.0208. The van der Waals surface area contributed by atoms with Gasteiger partial charge in [0.1, 0.15) is 11.6 Å². The molecule has 10 nitrogen and oxygen atoms in total. The van der Waals surface area contributed by atoms with Crippen LogP contribution >= 0.6 is 0 Å². The number of carbonyl (C=O) groups is 3. The maximum atomic E-state index is 14.1. The maximum absolute atomic E-state index is 14.1. The number of nitrogens with one attached hydrogen (secondary N) is 2. The molecule has 0 saturated carbocycles. The molecule has 0 radical (unpaired) electrons. The monoisotopic (exact) mass is 738 g/mol. The number of carbonyl (C=O) groups excluding carboxylic acids is 3. The number of benzene rings is 3. The molecule has 3 amide bonds. The SMILES string of the molecule is O=C(Nc1n[nH]c2ccc(Cc3cc(F)cc(F)c3)cc12)c1ccc(N2CCN(C(=O)C(F)(F)F)CC2)cc1N(C(=O)C(F)(F)F)C1CCOCC1. The van der Waals surface area contributed by atoms with Gasteiger partial charge in [-0.1, -0.05) is 6.07 Å². The molecule has 18 heteroatoms. The molecule has 2 N–H and O–H groups in total. The van der Waals surface area contributed by atoms with Gasteiger partial charge in [0.2, 0.25) is 0 Å². The van der Waals surface area contributed by atoms with Crippen molar-refractivity contribution in [1.29, 1.82) is 0 Å². The van der Waals surface area contributed by atoms with Gasteiger partial charge in [0.05, 0.1) is 16.8 Å². The van der Waals surface area contributed by atoms with Crippen LogP contribution in [-0.2, 0) is 20.7 Å². The van der Waals surface area contributed by atoms with Crippen LogP contribution in [0.3, 0.4) is 0 Å². The van der Waals surface area contributed by atoms with Gasteiger partial charge in [0, 0.05) is 62.6 Å². The average Bonchev–Trinajstić information content (AvgIpc) is 3.48. The van der Waals surface area contributed by atoms with Gasteiger partial charge < -0.3 is 24.8 Å². The molecule has 0 spiro atoms. The van der Waals surface area contributed by atoms with Gasteiger partial charge >= 0.3 is 24.2 Å². The molecule has 3 heterocycles. The fraction of sp³-hybridized carbons (Fsp3) is 0.353. The van der Waals surface area contributed by atoms with Crippen LogP contribution < -0.4 is 15.1 Å². The molecular weight excluding hydrogens is 708 g/mol. The van der Waals surface area contributed by atoms with E-state index < -0.39 is 53.4 Å². The molecule has 2 fully saturated rings. The molecule has 276 valence electrons. The number of amides is 3. The van der Waals surface area contributed by atoms with Crippen molar-refractivity contribution < 1.29 is 54.2 Å². The lowest BCUT2D eigenvalue weighted by atomic mass is 10.0. The lowest BCUT2D eigenvalue weighted by Gasteiger charge is -2.38. The Bertz CT molecular complexity index is 1960. The van der Waals surface area contributed by atoms with Crippen molar-refractivity contribution in [2.45, 2.75) is 37.7 Å². The molecule has 0 atom stereocenters. The van der Waals surface area contributed by atoms with Crippen LogP contribution in [0.2, 0.25) is 0 Å². The summed E-state index contributed by atoms with van der Waals surface area (Å²) in [6.45, 7) is -0.783. The van der Waals surface area contributed by atoms with Crippen LogP contribution in [0.15, 0.2) is 54.6 Å². The highest BCUT2D eigenvalue weighted by Gasteiger charge is 2.47. The van der Waals surface area contributed by atoms with E-state index in [9.17, 15) is 49.5 Å². The third-order valence-electron chi connectivity index (χ3n) is 8.87. The summed E-state index contributed by atoms with van der Waals surface area (Å²) in [5.41, 5.74) is 0.873. The molecule has 4 aromatic rings. The Morgan fingerprint density at radius 1 is 0.846 bits per heavy atom. The van der Waals surface area contributed by atoms with Gasteiger partial charge in [-0.05, 0) is 72.9 Å². The predicted octanol–water partition coefficient (Wildman–Crippen LogP) is 5.97. The fourth-order valence-corrected chi connectivity index (χ4v) is 6.40. The van der Waals surface area contributed by atoms with E-state index in [1.165, 1.54) is 30.3 Å². The Balaban J connectivity index is 1.34. The summed E-state index contributed by atoms with van der Waals surface area (Å²) in [5.74, 6) is -6.71. The number of nitrogens with zero attached hydrogens (tertiary/aromatic N) is 4. The zero-order valence-electron chi connectivity index (χ0n) is 27.1. The number of anilines is 3. The van der Waals surface area contributed by atoms with Crippen molar-refractivity contribution >= 4 is 45.8 Å². The molecule has 2 aliphatic heterocycles. The molecule has 1 aromatic heterocycles. The smallest absolute Gasteiger partial charge is 0.381 e. The summed E-state index contributed by atoms with van der Waals surface area (Å²) < 4.78 is 114. The summed E-state index contributed by atoms with van der Waals surface area (Å²) in [7, 11) is 0. The molecule has 0 aliphatic carbocycles. The Kier molecular flexibility index (Phi) is 10.1.